The van der Waals surface area contributed by atoms with Crippen molar-refractivity contribution >= 4 is 12.0 Å². The third-order valence-corrected chi connectivity index (χ3v) is 3.70. The topological polar surface area (TPSA) is 44.1 Å². The summed E-state index contributed by atoms with van der Waals surface area (Å²) in [7, 11) is 0. The van der Waals surface area contributed by atoms with Gasteiger partial charge in [0.2, 0.25) is 0 Å². The zero-order valence-corrected chi connectivity index (χ0v) is 11.7. The normalized spacial score (nSPS) is 16.2. The molecular weight excluding hydrogens is 260 g/mol. The quantitative estimate of drug-likeness (QED) is 0.796. The zero-order chi connectivity index (χ0) is 14.8. The Morgan fingerprint density at radius 1 is 1.14 bits per heavy atom. The SMILES string of the molecule is Cc1cccc2c1C(C#N)N(C(=O)c1ccccc1)C=C2. The number of carbonyl (C=O) groups is 1. The Balaban J connectivity index is 2.05. The molecule has 3 nitrogen and oxygen atoms in total. The fourth-order valence-electron chi connectivity index (χ4n) is 2.65. The van der Waals surface area contributed by atoms with Gasteiger partial charge in [-0.1, -0.05) is 36.4 Å². The second-order valence-corrected chi connectivity index (χ2v) is 5.00. The van der Waals surface area contributed by atoms with Crippen molar-refractivity contribution in [2.45, 2.75) is 13.0 Å². The van der Waals surface area contributed by atoms with Gasteiger partial charge in [-0.3, -0.25) is 9.69 Å². The standard InChI is InChI=1S/C18H14N2O/c1-13-6-5-9-14-10-11-20(16(12-19)17(13)14)18(21)15-7-3-2-4-8-15/h2-11,16H,1H3. The second kappa shape index (κ2) is 5.26. The van der Waals surface area contributed by atoms with Crippen LogP contribution in [0.25, 0.3) is 6.08 Å². The fraction of sp³-hybridized carbons (Fsp3) is 0.111. The van der Waals surface area contributed by atoms with Gasteiger partial charge in [-0.05, 0) is 41.8 Å². The molecule has 2 aromatic carbocycles. The molecule has 0 radical (unpaired) electrons. The van der Waals surface area contributed by atoms with E-state index in [0.717, 1.165) is 16.7 Å². The van der Waals surface area contributed by atoms with Crippen LogP contribution in [0, 0.1) is 18.3 Å². The van der Waals surface area contributed by atoms with Crippen LogP contribution in [0.2, 0.25) is 0 Å². The van der Waals surface area contributed by atoms with E-state index in [1.54, 1.807) is 18.3 Å². The second-order valence-electron chi connectivity index (χ2n) is 5.00. The average molecular weight is 274 g/mol. The first-order chi connectivity index (χ1) is 10.2. The van der Waals surface area contributed by atoms with Crippen molar-refractivity contribution in [2.75, 3.05) is 0 Å². The molecule has 102 valence electrons. The van der Waals surface area contributed by atoms with Crippen LogP contribution in [0.3, 0.4) is 0 Å². The predicted octanol–water partition coefficient (Wildman–Crippen LogP) is 3.69. The molecule has 1 atom stereocenters. The van der Waals surface area contributed by atoms with Crippen LogP contribution >= 0.6 is 0 Å². The van der Waals surface area contributed by atoms with Gasteiger partial charge in [0.15, 0.2) is 0 Å². The Kier molecular flexibility index (Phi) is 3.29. The highest BCUT2D eigenvalue weighted by Crippen LogP contribution is 2.33. The number of fused-ring (bicyclic) bond motifs is 1. The molecule has 0 aromatic heterocycles. The first-order valence-corrected chi connectivity index (χ1v) is 6.77. The van der Waals surface area contributed by atoms with E-state index in [2.05, 4.69) is 6.07 Å². The van der Waals surface area contributed by atoms with Gasteiger partial charge >= 0.3 is 0 Å². The number of nitrogens with zero attached hydrogens (tertiary/aromatic N) is 2. The Bertz CT molecular complexity index is 757. The largest absolute Gasteiger partial charge is 0.294 e. The van der Waals surface area contributed by atoms with Crippen LogP contribution in [0.1, 0.15) is 33.1 Å². The summed E-state index contributed by atoms with van der Waals surface area (Å²) < 4.78 is 0. The number of rotatable bonds is 1. The summed E-state index contributed by atoms with van der Waals surface area (Å²) in [5.74, 6) is -0.160. The van der Waals surface area contributed by atoms with Crippen LogP contribution in [0.4, 0.5) is 0 Å². The van der Waals surface area contributed by atoms with E-state index in [4.69, 9.17) is 0 Å². The van der Waals surface area contributed by atoms with Gasteiger partial charge in [-0.2, -0.15) is 5.26 Å². The van der Waals surface area contributed by atoms with Gasteiger partial charge in [-0.25, -0.2) is 0 Å². The maximum absolute atomic E-state index is 12.6. The van der Waals surface area contributed by atoms with E-state index >= 15 is 0 Å². The van der Waals surface area contributed by atoms with Gasteiger partial charge in [-0.15, -0.1) is 0 Å². The number of aryl methyl sites for hydroxylation is 1. The Morgan fingerprint density at radius 3 is 2.62 bits per heavy atom. The van der Waals surface area contributed by atoms with Crippen molar-refractivity contribution in [1.29, 1.82) is 5.26 Å². The van der Waals surface area contributed by atoms with Gasteiger partial charge in [0.1, 0.15) is 6.04 Å². The van der Waals surface area contributed by atoms with E-state index in [0.29, 0.717) is 5.56 Å². The number of amides is 1. The average Bonchev–Trinajstić information content (AvgIpc) is 2.54. The van der Waals surface area contributed by atoms with E-state index in [1.807, 2.05) is 49.4 Å². The number of nitriles is 1. The van der Waals surface area contributed by atoms with Crippen LogP contribution in [0.15, 0.2) is 54.7 Å². The van der Waals surface area contributed by atoms with Gasteiger partial charge in [0.25, 0.3) is 5.91 Å². The third kappa shape index (κ3) is 2.21. The van der Waals surface area contributed by atoms with Crippen molar-refractivity contribution in [3.63, 3.8) is 0 Å². The maximum atomic E-state index is 12.6. The lowest BCUT2D eigenvalue weighted by molar-refractivity contribution is 0.0794. The molecule has 0 spiro atoms. The van der Waals surface area contributed by atoms with Gasteiger partial charge in [0.05, 0.1) is 6.07 Å². The van der Waals surface area contributed by atoms with Crippen LogP contribution in [-0.4, -0.2) is 10.8 Å². The lowest BCUT2D eigenvalue weighted by Crippen LogP contribution is -2.32. The molecule has 0 saturated carbocycles. The smallest absolute Gasteiger partial charge is 0.259 e. The predicted molar refractivity (Wildman–Crippen MR) is 81.2 cm³/mol. The number of hydrogen-bond donors (Lipinski definition) is 0. The molecule has 1 unspecified atom stereocenters. The minimum absolute atomic E-state index is 0.160. The third-order valence-electron chi connectivity index (χ3n) is 3.70. The highest BCUT2D eigenvalue weighted by atomic mass is 16.2. The monoisotopic (exact) mass is 274 g/mol. The molecule has 2 aromatic rings. The molecule has 0 saturated heterocycles. The Morgan fingerprint density at radius 2 is 1.90 bits per heavy atom. The molecule has 3 rings (SSSR count). The lowest BCUT2D eigenvalue weighted by atomic mass is 9.92. The minimum atomic E-state index is -0.584. The lowest BCUT2D eigenvalue weighted by Gasteiger charge is -2.30. The van der Waals surface area contributed by atoms with Crippen molar-refractivity contribution in [3.05, 3.63) is 77.0 Å². The van der Waals surface area contributed by atoms with Crippen molar-refractivity contribution in [3.8, 4) is 6.07 Å². The number of hydrogen-bond acceptors (Lipinski definition) is 2. The molecule has 0 fully saturated rings. The molecule has 21 heavy (non-hydrogen) atoms. The summed E-state index contributed by atoms with van der Waals surface area (Å²) in [5, 5.41) is 9.55. The Hall–Kier alpha value is -2.86. The van der Waals surface area contributed by atoms with E-state index in [-0.39, 0.29) is 5.91 Å². The zero-order valence-electron chi connectivity index (χ0n) is 11.7. The molecule has 0 bridgehead atoms. The van der Waals surface area contributed by atoms with Gasteiger partial charge < -0.3 is 0 Å². The number of carbonyl (C=O) groups excluding carboxylic acids is 1. The number of benzene rings is 2. The first-order valence-electron chi connectivity index (χ1n) is 6.77. The molecule has 0 N–H and O–H groups in total. The Labute approximate surface area is 123 Å². The summed E-state index contributed by atoms with van der Waals surface area (Å²) in [5.41, 5.74) is 3.51. The molecule has 1 heterocycles. The molecule has 1 aliphatic rings. The van der Waals surface area contributed by atoms with Crippen LogP contribution in [-0.2, 0) is 0 Å². The summed E-state index contributed by atoms with van der Waals surface area (Å²) in [4.78, 5) is 14.1. The molecule has 1 aliphatic heterocycles. The highest BCUT2D eigenvalue weighted by molar-refractivity contribution is 5.96. The maximum Gasteiger partial charge on any atom is 0.259 e. The van der Waals surface area contributed by atoms with Gasteiger partial charge in [0, 0.05) is 11.8 Å². The van der Waals surface area contributed by atoms with E-state index in [9.17, 15) is 10.1 Å². The summed E-state index contributed by atoms with van der Waals surface area (Å²) in [6.45, 7) is 1.97. The molecule has 1 amide bonds. The van der Waals surface area contributed by atoms with Crippen molar-refractivity contribution in [1.82, 2.24) is 4.90 Å². The van der Waals surface area contributed by atoms with Crippen LogP contribution < -0.4 is 0 Å². The van der Waals surface area contributed by atoms with Crippen LogP contribution in [0.5, 0.6) is 0 Å². The molecule has 0 aliphatic carbocycles. The summed E-state index contributed by atoms with van der Waals surface area (Å²) in [6, 6.07) is 16.6. The highest BCUT2D eigenvalue weighted by Gasteiger charge is 2.29. The summed E-state index contributed by atoms with van der Waals surface area (Å²) >= 11 is 0. The fourth-order valence-corrected chi connectivity index (χ4v) is 2.65. The summed E-state index contributed by atoms with van der Waals surface area (Å²) in [6.07, 6.45) is 3.59. The molecule has 3 heteroatoms. The van der Waals surface area contributed by atoms with Crippen molar-refractivity contribution < 1.29 is 4.79 Å². The van der Waals surface area contributed by atoms with Crippen molar-refractivity contribution in [2.24, 2.45) is 0 Å². The minimum Gasteiger partial charge on any atom is -0.294 e. The van der Waals surface area contributed by atoms with E-state index in [1.165, 1.54) is 4.90 Å². The molecular formula is C18H14N2O. The van der Waals surface area contributed by atoms with E-state index < -0.39 is 6.04 Å². The first kappa shape index (κ1) is 13.1.